The van der Waals surface area contributed by atoms with E-state index in [2.05, 4.69) is 6.58 Å². The van der Waals surface area contributed by atoms with Crippen LogP contribution in [0.3, 0.4) is 0 Å². The van der Waals surface area contributed by atoms with Gasteiger partial charge in [0.1, 0.15) is 30.0 Å². The summed E-state index contributed by atoms with van der Waals surface area (Å²) in [7, 11) is 1.22. The Balaban J connectivity index is 1.73. The van der Waals surface area contributed by atoms with Crippen LogP contribution in [0, 0.1) is 28.6 Å². The Hall–Kier alpha value is -3.97. The molecule has 1 saturated heterocycles. The van der Waals surface area contributed by atoms with E-state index in [1.54, 1.807) is 39.4 Å². The molecule has 3 heterocycles. The van der Waals surface area contributed by atoms with Gasteiger partial charge in [-0.2, -0.15) is 0 Å². The van der Waals surface area contributed by atoms with Crippen molar-refractivity contribution in [1.82, 2.24) is 0 Å². The average molecular weight is 687 g/mol. The van der Waals surface area contributed by atoms with Gasteiger partial charge >= 0.3 is 23.9 Å². The van der Waals surface area contributed by atoms with Crippen LogP contribution in [-0.4, -0.2) is 84.8 Å². The highest BCUT2D eigenvalue weighted by atomic mass is 16.6. The first-order chi connectivity index (χ1) is 23.0. The number of rotatable bonds is 12. The number of ether oxygens (including phenoxy) is 6. The molecule has 49 heavy (non-hydrogen) atoms. The Morgan fingerprint density at radius 2 is 1.94 bits per heavy atom. The molecule has 2 aliphatic carbocycles. The lowest BCUT2D eigenvalue weighted by Gasteiger charge is -2.58. The lowest BCUT2D eigenvalue weighted by Crippen LogP contribution is -2.66. The minimum Gasteiger partial charge on any atom is -0.472 e. The first-order valence-corrected chi connectivity index (χ1v) is 16.5. The summed E-state index contributed by atoms with van der Waals surface area (Å²) in [5.41, 5.74) is -3.85. The molecule has 13 heteroatoms. The molecule has 3 fully saturated rings. The van der Waals surface area contributed by atoms with Crippen LogP contribution in [0.5, 0.6) is 0 Å². The smallest absolute Gasteiger partial charge is 0.335 e. The second kappa shape index (κ2) is 13.1. The third-order valence-electron chi connectivity index (χ3n) is 11.8. The van der Waals surface area contributed by atoms with Gasteiger partial charge in [-0.1, -0.05) is 46.8 Å². The standard InChI is InChI=1S/C36H46O13/c1-9-19(2)29(41)32(42)47-31-30(46-18-37)28(20(3)36-25(48-36)14-23(35(31,36)7)22-11-13-44-16-22)33(5)12-10-26(39)49-34(6,17-45-21(4)38)24(33)15-27(40)43-8/h10-13,16,18-19,23-25,28-31,41H,3,9,14-15,17H2,1-2,4-8H3/t19-,23-,24+,25+,28+,29+,30+,31-,33-,34+,35+,36+/m0/s1. The summed E-state index contributed by atoms with van der Waals surface area (Å²) < 4.78 is 40.6. The normalized spacial score (nSPS) is 38.9. The highest BCUT2D eigenvalue weighted by Gasteiger charge is 2.84. The minimum atomic E-state index is -1.60. The number of methoxy groups -OCH3 is 1. The Morgan fingerprint density at radius 3 is 2.53 bits per heavy atom. The molecule has 1 N–H and O–H groups in total. The molecule has 2 saturated carbocycles. The summed E-state index contributed by atoms with van der Waals surface area (Å²) in [4.78, 5) is 64.4. The topological polar surface area (TPSA) is 177 Å². The molecule has 0 amide bonds. The molecule has 0 aromatic carbocycles. The van der Waals surface area contributed by atoms with Crippen LogP contribution in [0.2, 0.25) is 0 Å². The molecule has 2 aliphatic heterocycles. The number of hydrogen-bond acceptors (Lipinski definition) is 13. The van der Waals surface area contributed by atoms with Crippen LogP contribution >= 0.6 is 0 Å². The fraction of sp³-hybridized carbons (Fsp3) is 0.639. The molecule has 0 unspecified atom stereocenters. The third kappa shape index (κ3) is 5.68. The summed E-state index contributed by atoms with van der Waals surface area (Å²) >= 11 is 0. The number of allylic oxidation sites excluding steroid dienone is 1. The van der Waals surface area contributed by atoms with Gasteiger partial charge in [-0.15, -0.1) is 0 Å². The number of carbonyl (C=O) groups is 5. The van der Waals surface area contributed by atoms with E-state index in [1.807, 2.05) is 19.9 Å². The largest absolute Gasteiger partial charge is 0.472 e. The highest BCUT2D eigenvalue weighted by molar-refractivity contribution is 5.83. The van der Waals surface area contributed by atoms with E-state index < -0.39 is 88.6 Å². The van der Waals surface area contributed by atoms with Crippen molar-refractivity contribution < 1.29 is 61.9 Å². The average Bonchev–Trinajstić information content (AvgIpc) is 3.44. The zero-order valence-corrected chi connectivity index (χ0v) is 29.0. The van der Waals surface area contributed by atoms with E-state index in [4.69, 9.17) is 32.8 Å². The van der Waals surface area contributed by atoms with Crippen LogP contribution in [0.1, 0.15) is 72.3 Å². The van der Waals surface area contributed by atoms with Gasteiger partial charge in [0.15, 0.2) is 6.10 Å². The molecule has 12 atom stereocenters. The lowest BCUT2D eigenvalue weighted by atomic mass is 9.48. The minimum absolute atomic E-state index is 0.254. The van der Waals surface area contributed by atoms with E-state index in [0.29, 0.717) is 18.4 Å². The lowest BCUT2D eigenvalue weighted by molar-refractivity contribution is -0.213. The molecule has 1 aromatic heterocycles. The Kier molecular flexibility index (Phi) is 9.67. The molecule has 0 bridgehead atoms. The zero-order chi connectivity index (χ0) is 36.1. The first-order valence-electron chi connectivity index (χ1n) is 16.5. The second-order valence-corrected chi connectivity index (χ2v) is 14.4. The van der Waals surface area contributed by atoms with Crippen LogP contribution in [-0.2, 0) is 52.4 Å². The van der Waals surface area contributed by atoms with E-state index in [9.17, 15) is 29.1 Å². The maximum atomic E-state index is 13.8. The predicted octanol–water partition coefficient (Wildman–Crippen LogP) is 3.58. The molecular weight excluding hydrogens is 640 g/mol. The Labute approximate surface area is 285 Å². The number of esters is 4. The first kappa shape index (κ1) is 36.3. The molecule has 5 rings (SSSR count). The van der Waals surface area contributed by atoms with Crippen molar-refractivity contribution in [2.75, 3.05) is 13.7 Å². The van der Waals surface area contributed by atoms with Crippen molar-refractivity contribution in [2.24, 2.45) is 28.6 Å². The maximum Gasteiger partial charge on any atom is 0.335 e. The van der Waals surface area contributed by atoms with Crippen LogP contribution in [0.15, 0.2) is 47.3 Å². The number of cyclic esters (lactones) is 1. The predicted molar refractivity (Wildman–Crippen MR) is 169 cm³/mol. The van der Waals surface area contributed by atoms with Gasteiger partial charge in [0.05, 0.1) is 37.6 Å². The monoisotopic (exact) mass is 686 g/mol. The van der Waals surface area contributed by atoms with Gasteiger partial charge < -0.3 is 37.9 Å². The molecule has 0 radical (unpaired) electrons. The van der Waals surface area contributed by atoms with Crippen molar-refractivity contribution in [3.8, 4) is 0 Å². The molecule has 4 aliphatic rings. The van der Waals surface area contributed by atoms with E-state index in [0.717, 1.165) is 5.56 Å². The number of hydrogen-bond donors (Lipinski definition) is 1. The van der Waals surface area contributed by atoms with Gasteiger partial charge in [-0.05, 0) is 36.5 Å². The van der Waals surface area contributed by atoms with Crippen LogP contribution in [0.25, 0.3) is 0 Å². The highest BCUT2D eigenvalue weighted by Crippen LogP contribution is 2.76. The number of furan rings is 1. The third-order valence-corrected chi connectivity index (χ3v) is 11.8. The fourth-order valence-corrected chi connectivity index (χ4v) is 9.06. The summed E-state index contributed by atoms with van der Waals surface area (Å²) in [6.07, 6.45) is 2.24. The van der Waals surface area contributed by atoms with Gasteiger partial charge in [0.25, 0.3) is 6.47 Å². The van der Waals surface area contributed by atoms with Gasteiger partial charge in [-0.25, -0.2) is 9.59 Å². The van der Waals surface area contributed by atoms with Crippen LogP contribution in [0.4, 0.5) is 0 Å². The van der Waals surface area contributed by atoms with Crippen molar-refractivity contribution in [1.29, 1.82) is 0 Å². The Bertz CT molecular complexity index is 1520. The van der Waals surface area contributed by atoms with E-state index in [1.165, 1.54) is 20.1 Å². The van der Waals surface area contributed by atoms with Crippen molar-refractivity contribution in [3.05, 3.63) is 48.5 Å². The zero-order valence-electron chi connectivity index (χ0n) is 29.0. The second-order valence-electron chi connectivity index (χ2n) is 14.4. The Morgan fingerprint density at radius 1 is 1.22 bits per heavy atom. The molecule has 268 valence electrons. The van der Waals surface area contributed by atoms with Crippen molar-refractivity contribution >= 4 is 30.3 Å². The quantitative estimate of drug-likeness (QED) is 0.111. The van der Waals surface area contributed by atoms with Crippen LogP contribution < -0.4 is 0 Å². The SMILES string of the molecule is C=C1[C@@H]([C@@]2(C)C=CC(=O)O[C@](C)(COC(C)=O)[C@@H]2CC(=O)OC)[C@@H](OC=O)[C@H](OC(=O)[C@H](O)[C@@H](C)CC)[C@@]2(C)[C@H](c3ccoc3)C[C@H]3O[C@]132. The summed E-state index contributed by atoms with van der Waals surface area (Å²) in [5.74, 6) is -5.65. The maximum absolute atomic E-state index is 13.8. The van der Waals surface area contributed by atoms with Crippen molar-refractivity contribution in [3.63, 3.8) is 0 Å². The summed E-state index contributed by atoms with van der Waals surface area (Å²) in [6.45, 7) is 14.4. The number of aliphatic hydroxyl groups excluding tert-OH is 1. The van der Waals surface area contributed by atoms with Gasteiger partial charge in [-0.3, -0.25) is 14.4 Å². The van der Waals surface area contributed by atoms with Gasteiger partial charge in [0.2, 0.25) is 0 Å². The number of epoxide rings is 1. The molecule has 1 spiro atoms. The van der Waals surface area contributed by atoms with E-state index >= 15 is 0 Å². The number of aliphatic hydroxyl groups is 1. The molecular formula is C36H46O13. The molecule has 13 nitrogen and oxygen atoms in total. The van der Waals surface area contributed by atoms with Gasteiger partial charge in [0, 0.05) is 36.2 Å². The summed E-state index contributed by atoms with van der Waals surface area (Å²) in [5, 5.41) is 11.0. The summed E-state index contributed by atoms with van der Waals surface area (Å²) in [6, 6.07) is 1.82. The number of carbonyl (C=O) groups excluding carboxylic acids is 5. The molecule has 1 aromatic rings. The van der Waals surface area contributed by atoms with Crippen molar-refractivity contribution in [2.45, 2.75) is 102 Å². The van der Waals surface area contributed by atoms with E-state index in [-0.39, 0.29) is 24.9 Å². The fourth-order valence-electron chi connectivity index (χ4n) is 9.06.